The molecule has 0 amide bonds. The third-order valence-corrected chi connectivity index (χ3v) is 2.47. The van der Waals surface area contributed by atoms with Crippen molar-refractivity contribution in [2.75, 3.05) is 0 Å². The molecule has 0 saturated heterocycles. The van der Waals surface area contributed by atoms with Crippen LogP contribution in [0.3, 0.4) is 0 Å². The minimum absolute atomic E-state index is 0.0812. The summed E-state index contributed by atoms with van der Waals surface area (Å²) in [5.41, 5.74) is 10.8. The monoisotopic (exact) mass is 194 g/mol. The van der Waals surface area contributed by atoms with Crippen molar-refractivity contribution in [3.63, 3.8) is 0 Å². The fourth-order valence-electron chi connectivity index (χ4n) is 1.31. The summed E-state index contributed by atoms with van der Waals surface area (Å²) in [4.78, 5) is 22.3. The van der Waals surface area contributed by atoms with E-state index in [1.807, 2.05) is 0 Å². The zero-order valence-corrected chi connectivity index (χ0v) is 8.28. The van der Waals surface area contributed by atoms with Gasteiger partial charge in [-0.15, -0.1) is 0 Å². The van der Waals surface area contributed by atoms with Crippen LogP contribution in [0.2, 0.25) is 0 Å². The van der Waals surface area contributed by atoms with Gasteiger partial charge in [-0.05, 0) is 13.8 Å². The van der Waals surface area contributed by atoms with Crippen LogP contribution in [0.15, 0.2) is 23.8 Å². The van der Waals surface area contributed by atoms with E-state index in [1.165, 1.54) is 26.0 Å². The lowest BCUT2D eigenvalue weighted by atomic mass is 9.82. The predicted octanol–water partition coefficient (Wildman–Crippen LogP) is -0.315. The molecule has 0 radical (unpaired) electrons. The smallest absolute Gasteiger partial charge is 0.159 e. The molecule has 0 aliphatic heterocycles. The lowest BCUT2D eigenvalue weighted by Gasteiger charge is -2.30. The van der Waals surface area contributed by atoms with Crippen molar-refractivity contribution in [3.8, 4) is 0 Å². The van der Waals surface area contributed by atoms with Crippen LogP contribution in [0.5, 0.6) is 0 Å². The van der Waals surface area contributed by atoms with E-state index in [0.717, 1.165) is 0 Å². The highest BCUT2D eigenvalue weighted by molar-refractivity contribution is 5.98. The first-order chi connectivity index (χ1) is 6.38. The molecular weight excluding hydrogens is 180 g/mol. The molecule has 0 aromatic heterocycles. The fourth-order valence-corrected chi connectivity index (χ4v) is 1.31. The summed E-state index contributed by atoms with van der Waals surface area (Å²) in [6.45, 7) is 2.83. The maximum atomic E-state index is 11.2. The predicted molar refractivity (Wildman–Crippen MR) is 53.5 cm³/mol. The second kappa shape index (κ2) is 3.48. The lowest BCUT2D eigenvalue weighted by molar-refractivity contribution is -0.121. The number of Topliss-reactive ketones (excluding diaryl/α,β-unsaturated/α-hetero) is 2. The van der Waals surface area contributed by atoms with E-state index in [4.69, 9.17) is 11.5 Å². The Morgan fingerprint density at radius 3 is 2.36 bits per heavy atom. The Hall–Kier alpha value is -1.26. The van der Waals surface area contributed by atoms with E-state index in [2.05, 4.69) is 0 Å². The normalized spacial score (nSPS) is 31.1. The third kappa shape index (κ3) is 1.66. The van der Waals surface area contributed by atoms with Gasteiger partial charge in [-0.1, -0.05) is 18.2 Å². The van der Waals surface area contributed by atoms with Gasteiger partial charge in [0.05, 0.1) is 6.04 Å². The van der Waals surface area contributed by atoms with Gasteiger partial charge in [-0.3, -0.25) is 9.59 Å². The number of allylic oxidation sites excluding steroid dienone is 2. The van der Waals surface area contributed by atoms with E-state index in [0.29, 0.717) is 5.57 Å². The van der Waals surface area contributed by atoms with E-state index >= 15 is 0 Å². The van der Waals surface area contributed by atoms with E-state index in [9.17, 15) is 9.59 Å². The molecule has 4 nitrogen and oxygen atoms in total. The number of carbonyl (C=O) groups excluding carboxylic acids is 2. The number of hydrogen-bond acceptors (Lipinski definition) is 4. The fraction of sp³-hybridized carbons (Fsp3) is 0.400. The summed E-state index contributed by atoms with van der Waals surface area (Å²) in [5, 5.41) is 0. The number of nitrogens with two attached hydrogens (primary N) is 2. The first-order valence-corrected chi connectivity index (χ1v) is 4.35. The second-order valence-electron chi connectivity index (χ2n) is 3.53. The molecule has 2 atom stereocenters. The number of hydrogen-bond donors (Lipinski definition) is 2. The molecule has 76 valence electrons. The summed E-state index contributed by atoms with van der Waals surface area (Å²) >= 11 is 0. The Labute approximate surface area is 82.6 Å². The van der Waals surface area contributed by atoms with E-state index in [1.54, 1.807) is 6.08 Å². The van der Waals surface area contributed by atoms with Gasteiger partial charge >= 0.3 is 0 Å². The molecule has 2 unspecified atom stereocenters. The number of ketones is 2. The molecule has 4 heteroatoms. The minimum atomic E-state index is -1.17. The van der Waals surface area contributed by atoms with Gasteiger partial charge in [0.1, 0.15) is 5.54 Å². The van der Waals surface area contributed by atoms with Crippen molar-refractivity contribution in [3.05, 3.63) is 23.8 Å². The average Bonchev–Trinajstić information content (AvgIpc) is 2.09. The SMILES string of the molecule is CC(=O)C1=CC(N)C(N)(C(C)=O)C=C1. The highest BCUT2D eigenvalue weighted by Crippen LogP contribution is 2.19. The van der Waals surface area contributed by atoms with Crippen LogP contribution in [-0.2, 0) is 9.59 Å². The number of rotatable bonds is 2. The van der Waals surface area contributed by atoms with Gasteiger partial charge in [0, 0.05) is 5.57 Å². The topological polar surface area (TPSA) is 86.2 Å². The molecule has 0 spiro atoms. The Balaban J connectivity index is 3.02. The second-order valence-corrected chi connectivity index (χ2v) is 3.53. The van der Waals surface area contributed by atoms with E-state index < -0.39 is 11.6 Å². The molecule has 14 heavy (non-hydrogen) atoms. The van der Waals surface area contributed by atoms with Crippen LogP contribution in [0.25, 0.3) is 0 Å². The summed E-state index contributed by atoms with van der Waals surface area (Å²) in [7, 11) is 0. The average molecular weight is 194 g/mol. The van der Waals surface area contributed by atoms with Crippen LogP contribution in [0.1, 0.15) is 13.8 Å². The van der Waals surface area contributed by atoms with Crippen LogP contribution >= 0.6 is 0 Å². The summed E-state index contributed by atoms with van der Waals surface area (Å²) in [5.74, 6) is -0.289. The first-order valence-electron chi connectivity index (χ1n) is 4.35. The van der Waals surface area contributed by atoms with Crippen LogP contribution in [0, 0.1) is 0 Å². The first kappa shape index (κ1) is 10.8. The Kier molecular flexibility index (Phi) is 2.69. The minimum Gasteiger partial charge on any atom is -0.322 e. The van der Waals surface area contributed by atoms with Crippen molar-refractivity contribution in [2.45, 2.75) is 25.4 Å². The van der Waals surface area contributed by atoms with Crippen LogP contribution in [-0.4, -0.2) is 23.1 Å². The molecule has 0 heterocycles. The zero-order chi connectivity index (χ0) is 10.9. The van der Waals surface area contributed by atoms with Crippen molar-refractivity contribution in [1.29, 1.82) is 0 Å². The van der Waals surface area contributed by atoms with Crippen molar-refractivity contribution in [2.24, 2.45) is 11.5 Å². The molecule has 4 N–H and O–H groups in total. The Morgan fingerprint density at radius 2 is 2.00 bits per heavy atom. The van der Waals surface area contributed by atoms with Gasteiger partial charge in [-0.25, -0.2) is 0 Å². The summed E-state index contributed by atoms with van der Waals surface area (Å²) in [6.07, 6.45) is 4.58. The molecule has 0 saturated carbocycles. The number of carbonyl (C=O) groups is 2. The van der Waals surface area contributed by atoms with Gasteiger partial charge in [0.2, 0.25) is 0 Å². The maximum Gasteiger partial charge on any atom is 0.159 e. The van der Waals surface area contributed by atoms with Crippen LogP contribution in [0.4, 0.5) is 0 Å². The standard InChI is InChI=1S/C10H14N2O2/c1-6(13)8-3-4-10(12,7(2)14)9(11)5-8/h3-5,9H,11-12H2,1-2H3. The molecule has 0 aromatic carbocycles. The lowest BCUT2D eigenvalue weighted by Crippen LogP contribution is -2.59. The summed E-state index contributed by atoms with van der Waals surface area (Å²) in [6, 6.07) is -0.635. The molecule has 1 rings (SSSR count). The quantitative estimate of drug-likeness (QED) is 0.631. The highest BCUT2D eigenvalue weighted by atomic mass is 16.1. The molecule has 1 aliphatic rings. The van der Waals surface area contributed by atoms with Gasteiger partial charge < -0.3 is 11.5 Å². The molecule has 1 aliphatic carbocycles. The molecule has 0 fully saturated rings. The van der Waals surface area contributed by atoms with Gasteiger partial charge in [0.15, 0.2) is 11.6 Å². The molecular formula is C10H14N2O2. The van der Waals surface area contributed by atoms with Crippen molar-refractivity contribution in [1.82, 2.24) is 0 Å². The van der Waals surface area contributed by atoms with Crippen LogP contribution < -0.4 is 11.5 Å². The van der Waals surface area contributed by atoms with Gasteiger partial charge in [-0.2, -0.15) is 0 Å². The molecule has 0 aromatic rings. The Morgan fingerprint density at radius 1 is 1.43 bits per heavy atom. The third-order valence-electron chi connectivity index (χ3n) is 2.47. The zero-order valence-electron chi connectivity index (χ0n) is 8.28. The Bertz CT molecular complexity index is 344. The maximum absolute atomic E-state index is 11.2. The highest BCUT2D eigenvalue weighted by Gasteiger charge is 2.36. The van der Waals surface area contributed by atoms with E-state index in [-0.39, 0.29) is 11.6 Å². The van der Waals surface area contributed by atoms with Gasteiger partial charge in [0.25, 0.3) is 0 Å². The summed E-state index contributed by atoms with van der Waals surface area (Å²) < 4.78 is 0. The largest absolute Gasteiger partial charge is 0.322 e. The van der Waals surface area contributed by atoms with Crippen molar-refractivity contribution < 1.29 is 9.59 Å². The van der Waals surface area contributed by atoms with Crippen molar-refractivity contribution >= 4 is 11.6 Å². The molecule has 0 bridgehead atoms.